The maximum Gasteiger partial charge on any atom is 0.300 e. The van der Waals surface area contributed by atoms with Crippen molar-refractivity contribution < 1.29 is 14.3 Å². The second-order valence-electron chi connectivity index (χ2n) is 5.03. The molecule has 24 heavy (non-hydrogen) atoms. The Hall–Kier alpha value is -3.35. The Morgan fingerprint density at radius 2 is 2.00 bits per heavy atom. The van der Waals surface area contributed by atoms with Gasteiger partial charge in [-0.05, 0) is 24.3 Å². The molecule has 6 nitrogen and oxygen atoms in total. The number of rotatable bonds is 1. The van der Waals surface area contributed by atoms with Crippen molar-refractivity contribution in [2.75, 3.05) is 0 Å². The third-order valence-electron chi connectivity index (χ3n) is 3.24. The largest absolute Gasteiger partial charge is 0.481 e. The van der Waals surface area contributed by atoms with Crippen LogP contribution in [0, 0.1) is 5.82 Å². The van der Waals surface area contributed by atoms with Gasteiger partial charge < -0.3 is 5.11 Å². The van der Waals surface area contributed by atoms with Gasteiger partial charge in [-0.2, -0.15) is 5.10 Å². The molecule has 0 spiro atoms. The number of aromatic nitrogens is 4. The number of carboxylic acids is 1. The highest BCUT2D eigenvalue weighted by molar-refractivity contribution is 5.86. The highest BCUT2D eigenvalue weighted by Gasteiger charge is 2.08. The van der Waals surface area contributed by atoms with E-state index in [0.717, 1.165) is 29.1 Å². The molecule has 1 N–H and O–H groups in total. The van der Waals surface area contributed by atoms with Crippen molar-refractivity contribution in [3.63, 3.8) is 0 Å². The van der Waals surface area contributed by atoms with Crippen LogP contribution in [0.2, 0.25) is 0 Å². The van der Waals surface area contributed by atoms with Crippen molar-refractivity contribution in [3.8, 4) is 11.1 Å². The van der Waals surface area contributed by atoms with E-state index < -0.39 is 5.97 Å². The van der Waals surface area contributed by atoms with E-state index in [2.05, 4.69) is 15.1 Å². The van der Waals surface area contributed by atoms with E-state index in [9.17, 15) is 4.39 Å². The first-order chi connectivity index (χ1) is 11.5. The summed E-state index contributed by atoms with van der Waals surface area (Å²) in [5.74, 6) is -1.12. The molecule has 0 bridgehead atoms. The first kappa shape index (κ1) is 15.5. The van der Waals surface area contributed by atoms with E-state index in [1.807, 2.05) is 18.3 Å². The van der Waals surface area contributed by atoms with Gasteiger partial charge in [0.15, 0.2) is 5.65 Å². The molecule has 0 aliphatic heterocycles. The van der Waals surface area contributed by atoms with Crippen LogP contribution in [0.4, 0.5) is 4.39 Å². The van der Waals surface area contributed by atoms with Crippen LogP contribution in [-0.4, -0.2) is 30.7 Å². The molecule has 0 saturated heterocycles. The first-order valence-electron chi connectivity index (χ1n) is 7.08. The zero-order chi connectivity index (χ0) is 17.1. The fourth-order valence-corrected chi connectivity index (χ4v) is 2.27. The van der Waals surface area contributed by atoms with Crippen LogP contribution < -0.4 is 0 Å². The number of nitrogens with zero attached hydrogens (tertiary/aromatic N) is 4. The molecule has 3 aromatic heterocycles. The lowest BCUT2D eigenvalue weighted by Crippen LogP contribution is -1.88. The van der Waals surface area contributed by atoms with Gasteiger partial charge in [-0.25, -0.2) is 13.9 Å². The van der Waals surface area contributed by atoms with Gasteiger partial charge in [0.1, 0.15) is 5.82 Å². The second kappa shape index (κ2) is 6.41. The molecule has 0 unspecified atom stereocenters. The van der Waals surface area contributed by atoms with E-state index in [0.29, 0.717) is 5.52 Å². The number of pyridine rings is 1. The second-order valence-corrected chi connectivity index (χ2v) is 5.03. The van der Waals surface area contributed by atoms with Crippen LogP contribution in [0.25, 0.3) is 27.7 Å². The van der Waals surface area contributed by atoms with Gasteiger partial charge in [-0.15, -0.1) is 0 Å². The summed E-state index contributed by atoms with van der Waals surface area (Å²) in [5.41, 5.74) is 3.23. The van der Waals surface area contributed by atoms with Crippen LogP contribution >= 0.6 is 0 Å². The maximum absolute atomic E-state index is 13.2. The van der Waals surface area contributed by atoms with E-state index >= 15 is 0 Å². The van der Waals surface area contributed by atoms with Crippen LogP contribution in [0.15, 0.2) is 55.1 Å². The summed E-state index contributed by atoms with van der Waals surface area (Å²) in [6.07, 6.45) is 7.04. The number of hydrogen-bond donors (Lipinski definition) is 1. The quantitative estimate of drug-likeness (QED) is 0.581. The van der Waals surface area contributed by atoms with Crippen molar-refractivity contribution in [1.29, 1.82) is 0 Å². The van der Waals surface area contributed by atoms with Gasteiger partial charge in [0.25, 0.3) is 5.97 Å². The van der Waals surface area contributed by atoms with Crippen molar-refractivity contribution in [2.24, 2.45) is 0 Å². The molecule has 3 heterocycles. The number of aliphatic carboxylic acids is 1. The molecule has 1 aromatic carbocycles. The van der Waals surface area contributed by atoms with Gasteiger partial charge >= 0.3 is 0 Å². The number of carboxylic acid groups (broad SMARTS) is 1. The number of hydrogen-bond acceptors (Lipinski definition) is 4. The first-order valence-corrected chi connectivity index (χ1v) is 7.08. The van der Waals surface area contributed by atoms with Gasteiger partial charge in [0.2, 0.25) is 0 Å². The van der Waals surface area contributed by atoms with E-state index in [1.165, 1.54) is 12.1 Å². The van der Waals surface area contributed by atoms with Gasteiger partial charge in [-0.1, -0.05) is 0 Å². The number of halogens is 1. The smallest absolute Gasteiger partial charge is 0.300 e. The summed E-state index contributed by atoms with van der Waals surface area (Å²) in [6.45, 7) is 1.08. The Bertz CT molecular complexity index is 1030. The molecule has 0 radical (unpaired) electrons. The Kier molecular flexibility index (Phi) is 4.15. The Labute approximate surface area is 136 Å². The lowest BCUT2D eigenvalue weighted by Gasteiger charge is -2.01. The zero-order valence-corrected chi connectivity index (χ0v) is 12.7. The average molecular weight is 324 g/mol. The normalized spacial score (nSPS) is 10.4. The molecule has 0 aliphatic carbocycles. The number of benzene rings is 1. The summed E-state index contributed by atoms with van der Waals surface area (Å²) in [7, 11) is 0. The third kappa shape index (κ3) is 3.19. The minimum atomic E-state index is -0.833. The molecule has 120 valence electrons. The standard InChI is InChI=1S/C15H9FN4.C2H4O2/c16-12-3-2-10-6-11(8-18-14(10)7-12)13-9-19-20-5-1-4-17-15(13)20;1-2(3)4/h1-9H;1H3,(H,3,4). The van der Waals surface area contributed by atoms with Crippen LogP contribution in [0.5, 0.6) is 0 Å². The monoisotopic (exact) mass is 324 g/mol. The number of fused-ring (bicyclic) bond motifs is 2. The average Bonchev–Trinajstić information content (AvgIpc) is 2.98. The van der Waals surface area contributed by atoms with Crippen LogP contribution in [0.1, 0.15) is 6.92 Å². The molecule has 7 heteroatoms. The highest BCUT2D eigenvalue weighted by Crippen LogP contribution is 2.25. The molecule has 0 fully saturated rings. The highest BCUT2D eigenvalue weighted by atomic mass is 19.1. The van der Waals surface area contributed by atoms with Crippen LogP contribution in [0.3, 0.4) is 0 Å². The molecule has 0 atom stereocenters. The molecular formula is C17H13FN4O2. The summed E-state index contributed by atoms with van der Waals surface area (Å²) in [4.78, 5) is 17.6. The van der Waals surface area contributed by atoms with Crippen molar-refractivity contribution in [1.82, 2.24) is 19.6 Å². The van der Waals surface area contributed by atoms with Crippen LogP contribution in [-0.2, 0) is 4.79 Å². The van der Waals surface area contributed by atoms with Crippen molar-refractivity contribution in [3.05, 3.63) is 60.9 Å². The fraction of sp³-hybridized carbons (Fsp3) is 0.0588. The minimum Gasteiger partial charge on any atom is -0.481 e. The van der Waals surface area contributed by atoms with E-state index in [4.69, 9.17) is 9.90 Å². The predicted octanol–water partition coefficient (Wildman–Crippen LogP) is 3.17. The van der Waals surface area contributed by atoms with Crippen molar-refractivity contribution >= 4 is 22.5 Å². The summed E-state index contributed by atoms with van der Waals surface area (Å²) >= 11 is 0. The number of carbonyl (C=O) groups is 1. The predicted molar refractivity (Wildman–Crippen MR) is 87.0 cm³/mol. The SMILES string of the molecule is CC(=O)O.Fc1ccc2cc(-c3cnn4cccnc34)cnc2c1. The molecule has 0 amide bonds. The Morgan fingerprint density at radius 1 is 1.21 bits per heavy atom. The molecule has 4 rings (SSSR count). The summed E-state index contributed by atoms with van der Waals surface area (Å²) in [5, 5.41) is 12.6. The maximum atomic E-state index is 13.2. The van der Waals surface area contributed by atoms with E-state index in [1.54, 1.807) is 29.2 Å². The molecule has 0 saturated carbocycles. The summed E-state index contributed by atoms with van der Waals surface area (Å²) in [6, 6.07) is 8.37. The Morgan fingerprint density at radius 3 is 2.79 bits per heavy atom. The lowest BCUT2D eigenvalue weighted by molar-refractivity contribution is -0.134. The van der Waals surface area contributed by atoms with Crippen molar-refractivity contribution in [2.45, 2.75) is 6.92 Å². The fourth-order valence-electron chi connectivity index (χ4n) is 2.27. The topological polar surface area (TPSA) is 80.4 Å². The van der Waals surface area contributed by atoms with Gasteiger partial charge in [-0.3, -0.25) is 9.78 Å². The third-order valence-corrected chi connectivity index (χ3v) is 3.24. The van der Waals surface area contributed by atoms with Gasteiger partial charge in [0, 0.05) is 48.1 Å². The Balaban J connectivity index is 0.000000383. The minimum absolute atomic E-state index is 0.282. The lowest BCUT2D eigenvalue weighted by atomic mass is 10.1. The molecule has 0 aliphatic rings. The zero-order valence-electron chi connectivity index (χ0n) is 12.7. The molecular weight excluding hydrogens is 311 g/mol. The summed E-state index contributed by atoms with van der Waals surface area (Å²) < 4.78 is 14.9. The van der Waals surface area contributed by atoms with E-state index in [-0.39, 0.29) is 5.82 Å². The molecule has 4 aromatic rings. The van der Waals surface area contributed by atoms with Gasteiger partial charge in [0.05, 0.1) is 11.7 Å².